The number of hydrogen-bond donors (Lipinski definition) is 3. The average molecular weight is 487 g/mol. The molecule has 9 heteroatoms. The third kappa shape index (κ3) is 5.05. The molecule has 0 saturated heterocycles. The lowest BCUT2D eigenvalue weighted by Gasteiger charge is -2.17. The smallest absolute Gasteiger partial charge is 0.319 e. The number of methoxy groups -OCH3 is 1. The summed E-state index contributed by atoms with van der Waals surface area (Å²) in [6.45, 7) is 3.69. The first-order chi connectivity index (χ1) is 17.3. The lowest BCUT2D eigenvalue weighted by atomic mass is 10.1. The predicted octanol–water partition coefficient (Wildman–Crippen LogP) is 4.27. The van der Waals surface area contributed by atoms with Crippen LogP contribution in [0.2, 0.25) is 0 Å². The van der Waals surface area contributed by atoms with Gasteiger partial charge >= 0.3 is 6.03 Å². The van der Waals surface area contributed by atoms with Gasteiger partial charge in [0.25, 0.3) is 17.7 Å². The summed E-state index contributed by atoms with van der Waals surface area (Å²) in [6.07, 6.45) is 0. The van der Waals surface area contributed by atoms with Crippen molar-refractivity contribution < 1.29 is 23.9 Å². The Morgan fingerprint density at radius 2 is 1.44 bits per heavy atom. The second kappa shape index (κ2) is 10.3. The largest absolute Gasteiger partial charge is 0.496 e. The van der Waals surface area contributed by atoms with Crippen molar-refractivity contribution >= 4 is 35.1 Å². The van der Waals surface area contributed by atoms with Gasteiger partial charge < -0.3 is 20.7 Å². The number of urea groups is 1. The fourth-order valence-corrected chi connectivity index (χ4v) is 3.91. The lowest BCUT2D eigenvalue weighted by molar-refractivity contribution is 0.0642. The Balaban J connectivity index is 1.55. The van der Waals surface area contributed by atoms with Crippen LogP contribution in [0.1, 0.15) is 50.5 Å². The number of rotatable bonds is 7. The molecular weight excluding hydrogens is 460 g/mol. The van der Waals surface area contributed by atoms with Gasteiger partial charge in [-0.1, -0.05) is 30.3 Å². The molecule has 184 valence electrons. The van der Waals surface area contributed by atoms with E-state index >= 15 is 0 Å². The first kappa shape index (κ1) is 24.5. The molecule has 3 aromatic rings. The van der Waals surface area contributed by atoms with E-state index in [1.807, 2.05) is 13.8 Å². The minimum absolute atomic E-state index is 0.00410. The zero-order chi connectivity index (χ0) is 25.8. The highest BCUT2D eigenvalue weighted by molar-refractivity contribution is 6.21. The summed E-state index contributed by atoms with van der Waals surface area (Å²) in [5, 5.41) is 8.27. The Hall–Kier alpha value is -4.66. The van der Waals surface area contributed by atoms with E-state index in [1.54, 1.807) is 66.7 Å². The number of nitrogens with one attached hydrogen (secondary N) is 3. The van der Waals surface area contributed by atoms with Crippen molar-refractivity contribution in [1.29, 1.82) is 0 Å². The molecular formula is C27H26N4O5. The van der Waals surface area contributed by atoms with Crippen LogP contribution in [0, 0.1) is 0 Å². The van der Waals surface area contributed by atoms with Gasteiger partial charge in [-0.15, -0.1) is 0 Å². The highest BCUT2D eigenvalue weighted by Crippen LogP contribution is 2.28. The monoisotopic (exact) mass is 486 g/mol. The van der Waals surface area contributed by atoms with Crippen LogP contribution >= 0.6 is 0 Å². The predicted molar refractivity (Wildman–Crippen MR) is 135 cm³/mol. The summed E-state index contributed by atoms with van der Waals surface area (Å²) < 4.78 is 5.37. The molecule has 1 aliphatic rings. The lowest BCUT2D eigenvalue weighted by Crippen LogP contribution is -2.34. The molecule has 3 aromatic carbocycles. The first-order valence-electron chi connectivity index (χ1n) is 11.4. The number of imide groups is 1. The Bertz CT molecular complexity index is 1320. The molecule has 3 N–H and O–H groups in total. The second-order valence-corrected chi connectivity index (χ2v) is 8.53. The molecule has 0 radical (unpaired) electrons. The van der Waals surface area contributed by atoms with Gasteiger partial charge in [-0.05, 0) is 55.8 Å². The number of anilines is 2. The number of carbonyl (C=O) groups is 4. The van der Waals surface area contributed by atoms with Crippen molar-refractivity contribution in [2.24, 2.45) is 0 Å². The van der Waals surface area contributed by atoms with Crippen molar-refractivity contribution in [3.8, 4) is 5.75 Å². The van der Waals surface area contributed by atoms with Crippen molar-refractivity contribution in [3.05, 3.63) is 89.0 Å². The zero-order valence-electron chi connectivity index (χ0n) is 20.1. The quantitative estimate of drug-likeness (QED) is 0.431. The normalized spacial score (nSPS) is 12.4. The van der Waals surface area contributed by atoms with Crippen LogP contribution in [0.25, 0.3) is 0 Å². The summed E-state index contributed by atoms with van der Waals surface area (Å²) in [6, 6.07) is 17.9. The third-order valence-electron chi connectivity index (χ3n) is 5.57. The summed E-state index contributed by atoms with van der Waals surface area (Å²) in [5.41, 5.74) is 2.34. The number of nitrogens with zero attached hydrogens (tertiary/aromatic N) is 1. The van der Waals surface area contributed by atoms with E-state index in [4.69, 9.17) is 4.74 Å². The van der Waals surface area contributed by atoms with E-state index in [1.165, 1.54) is 7.11 Å². The summed E-state index contributed by atoms with van der Waals surface area (Å²) in [7, 11) is 1.45. The molecule has 1 aliphatic heterocycles. The second-order valence-electron chi connectivity index (χ2n) is 8.53. The Morgan fingerprint density at radius 3 is 2.03 bits per heavy atom. The van der Waals surface area contributed by atoms with Crippen molar-refractivity contribution in [1.82, 2.24) is 10.2 Å². The van der Waals surface area contributed by atoms with E-state index < -0.39 is 11.9 Å². The molecule has 0 atom stereocenters. The van der Waals surface area contributed by atoms with Crippen LogP contribution in [0.5, 0.6) is 5.75 Å². The van der Waals surface area contributed by atoms with Gasteiger partial charge in [-0.3, -0.25) is 19.3 Å². The number of carbonyl (C=O) groups excluding carboxylic acids is 4. The van der Waals surface area contributed by atoms with Crippen LogP contribution in [0.15, 0.2) is 66.7 Å². The molecule has 36 heavy (non-hydrogen) atoms. The fourth-order valence-electron chi connectivity index (χ4n) is 3.91. The standard InChI is InChI=1S/C27H26N4O5/c1-16(2)28-27(35)30-22-11-7-6-10-21(22)29-24(32)20-14-17(12-13-23(20)36-3)15-31-25(33)18-8-4-5-9-19(18)26(31)34/h4-14,16H,15H2,1-3H3,(H,29,32)(H2,28,30,35). The summed E-state index contributed by atoms with van der Waals surface area (Å²) >= 11 is 0. The van der Waals surface area contributed by atoms with E-state index in [2.05, 4.69) is 16.0 Å². The van der Waals surface area contributed by atoms with Gasteiger partial charge in [-0.25, -0.2) is 4.79 Å². The minimum Gasteiger partial charge on any atom is -0.496 e. The molecule has 5 amide bonds. The molecule has 9 nitrogen and oxygen atoms in total. The maximum Gasteiger partial charge on any atom is 0.319 e. The van der Waals surface area contributed by atoms with Gasteiger partial charge in [0.1, 0.15) is 5.75 Å². The van der Waals surface area contributed by atoms with Crippen LogP contribution in [-0.4, -0.2) is 41.8 Å². The van der Waals surface area contributed by atoms with Crippen LogP contribution in [0.4, 0.5) is 16.2 Å². The van der Waals surface area contributed by atoms with Gasteiger partial charge in [0, 0.05) is 6.04 Å². The molecule has 0 bridgehead atoms. The number of hydrogen-bond acceptors (Lipinski definition) is 5. The van der Waals surface area contributed by atoms with Crippen molar-refractivity contribution in [3.63, 3.8) is 0 Å². The molecule has 0 aromatic heterocycles. The average Bonchev–Trinajstić information content (AvgIpc) is 3.09. The summed E-state index contributed by atoms with van der Waals surface area (Å²) in [4.78, 5) is 52.1. The highest BCUT2D eigenvalue weighted by Gasteiger charge is 2.35. The molecule has 0 fully saturated rings. The fraction of sp³-hybridized carbons (Fsp3) is 0.185. The number of fused-ring (bicyclic) bond motifs is 1. The van der Waals surface area contributed by atoms with E-state index in [0.29, 0.717) is 33.8 Å². The highest BCUT2D eigenvalue weighted by atomic mass is 16.5. The third-order valence-corrected chi connectivity index (χ3v) is 5.57. The van der Waals surface area contributed by atoms with E-state index in [0.717, 1.165) is 4.90 Å². The van der Waals surface area contributed by atoms with Gasteiger partial charge in [0.05, 0.1) is 41.7 Å². The number of ether oxygens (including phenoxy) is 1. The van der Waals surface area contributed by atoms with Crippen LogP contribution < -0.4 is 20.7 Å². The van der Waals surface area contributed by atoms with E-state index in [-0.39, 0.29) is 30.0 Å². The van der Waals surface area contributed by atoms with Crippen molar-refractivity contribution in [2.45, 2.75) is 26.4 Å². The molecule has 4 rings (SSSR count). The molecule has 0 saturated carbocycles. The Morgan fingerprint density at radius 1 is 0.861 bits per heavy atom. The molecule has 1 heterocycles. The number of para-hydroxylation sites is 2. The molecule has 0 unspecified atom stereocenters. The Kier molecular flexibility index (Phi) is 7.00. The zero-order valence-corrected chi connectivity index (χ0v) is 20.1. The van der Waals surface area contributed by atoms with Gasteiger partial charge in [-0.2, -0.15) is 0 Å². The number of benzene rings is 3. The SMILES string of the molecule is COc1ccc(CN2C(=O)c3ccccc3C2=O)cc1C(=O)Nc1ccccc1NC(=O)NC(C)C. The maximum atomic E-state index is 13.2. The number of amides is 5. The van der Waals surface area contributed by atoms with Crippen molar-refractivity contribution in [2.75, 3.05) is 17.7 Å². The van der Waals surface area contributed by atoms with Gasteiger partial charge in [0.15, 0.2) is 0 Å². The molecule has 0 aliphatic carbocycles. The van der Waals surface area contributed by atoms with Crippen LogP contribution in [-0.2, 0) is 6.54 Å². The minimum atomic E-state index is -0.477. The Labute approximate surface area is 208 Å². The topological polar surface area (TPSA) is 117 Å². The van der Waals surface area contributed by atoms with Crippen LogP contribution in [0.3, 0.4) is 0 Å². The van der Waals surface area contributed by atoms with Gasteiger partial charge in [0.2, 0.25) is 0 Å². The first-order valence-corrected chi connectivity index (χ1v) is 11.4. The molecule has 0 spiro atoms. The summed E-state index contributed by atoms with van der Waals surface area (Å²) in [5.74, 6) is -0.912. The van der Waals surface area contributed by atoms with E-state index in [9.17, 15) is 19.2 Å². The maximum absolute atomic E-state index is 13.2.